The molecule has 0 aliphatic heterocycles. The van der Waals surface area contributed by atoms with Crippen molar-refractivity contribution in [1.29, 1.82) is 0 Å². The van der Waals surface area contributed by atoms with Crippen molar-refractivity contribution in [3.8, 4) is 0 Å². The lowest BCUT2D eigenvalue weighted by atomic mass is 9.68. The lowest BCUT2D eigenvalue weighted by molar-refractivity contribution is -0.150. The summed E-state index contributed by atoms with van der Waals surface area (Å²) in [6.45, 7) is 0. The van der Waals surface area contributed by atoms with Gasteiger partial charge in [0, 0.05) is 25.7 Å². The van der Waals surface area contributed by atoms with Crippen LogP contribution in [0.15, 0.2) is 59.9 Å². The van der Waals surface area contributed by atoms with Crippen molar-refractivity contribution in [2.75, 3.05) is 21.3 Å². The highest BCUT2D eigenvalue weighted by molar-refractivity contribution is 5.93. The molecular formula is C32H32F6O8. The maximum Gasteiger partial charge on any atom is 0.416 e. The number of carbonyl (C=O) groups is 4. The normalized spacial score (nSPS) is 19.8. The summed E-state index contributed by atoms with van der Waals surface area (Å²) < 4.78 is 90.3. The average molecular weight is 659 g/mol. The van der Waals surface area contributed by atoms with Crippen LogP contribution in [0.1, 0.15) is 67.2 Å². The SMILES string of the molecule is COC(=O)C1(c2ccc(C(F)(F)F)cc2)CCC(=O)CC1.COC(=O)C1=C(O)CCC(C(=O)OC)(c2ccc(C(F)(F)F)cc2)C1. The molecule has 46 heavy (non-hydrogen) atoms. The summed E-state index contributed by atoms with van der Waals surface area (Å²) in [5.74, 6) is -2.13. The molecule has 14 heteroatoms. The lowest BCUT2D eigenvalue weighted by Gasteiger charge is -2.35. The minimum atomic E-state index is -4.50. The van der Waals surface area contributed by atoms with Crippen molar-refractivity contribution in [3.05, 3.63) is 82.1 Å². The number of Topliss-reactive ketones (excluding diaryl/α,β-unsaturated/α-hetero) is 1. The molecule has 1 saturated carbocycles. The Kier molecular flexibility index (Phi) is 11.0. The number of aliphatic hydroxyl groups excluding tert-OH is 1. The zero-order chi connectivity index (χ0) is 34.5. The van der Waals surface area contributed by atoms with Crippen LogP contribution < -0.4 is 0 Å². The Morgan fingerprint density at radius 2 is 1.04 bits per heavy atom. The van der Waals surface area contributed by atoms with E-state index in [-0.39, 0.29) is 67.6 Å². The summed E-state index contributed by atoms with van der Waals surface area (Å²) in [6, 6.07) is 8.64. The summed E-state index contributed by atoms with van der Waals surface area (Å²) >= 11 is 0. The molecule has 1 N–H and O–H groups in total. The number of rotatable bonds is 5. The van der Waals surface area contributed by atoms with Gasteiger partial charge in [-0.1, -0.05) is 24.3 Å². The Hall–Kier alpha value is -4.36. The summed E-state index contributed by atoms with van der Waals surface area (Å²) in [6.07, 6.45) is -8.04. The largest absolute Gasteiger partial charge is 0.512 e. The second kappa shape index (κ2) is 14.0. The predicted molar refractivity (Wildman–Crippen MR) is 149 cm³/mol. The molecule has 0 spiro atoms. The fourth-order valence-electron chi connectivity index (χ4n) is 5.74. The van der Waals surface area contributed by atoms with Gasteiger partial charge in [-0.15, -0.1) is 0 Å². The van der Waals surface area contributed by atoms with E-state index >= 15 is 0 Å². The Balaban J connectivity index is 0.000000254. The zero-order valence-electron chi connectivity index (χ0n) is 25.1. The molecular weight excluding hydrogens is 626 g/mol. The van der Waals surface area contributed by atoms with Gasteiger partial charge in [-0.25, -0.2) is 4.79 Å². The Bertz CT molecular complexity index is 1470. The van der Waals surface area contributed by atoms with Crippen molar-refractivity contribution in [3.63, 3.8) is 0 Å². The summed E-state index contributed by atoms with van der Waals surface area (Å²) in [7, 11) is 3.53. The molecule has 0 radical (unpaired) electrons. The van der Waals surface area contributed by atoms with E-state index in [1.165, 1.54) is 31.4 Å². The molecule has 250 valence electrons. The molecule has 4 rings (SSSR count). The molecule has 1 atom stereocenters. The van der Waals surface area contributed by atoms with Gasteiger partial charge in [0.15, 0.2) is 0 Å². The van der Waals surface area contributed by atoms with Crippen molar-refractivity contribution in [1.82, 2.24) is 0 Å². The van der Waals surface area contributed by atoms with Crippen molar-refractivity contribution >= 4 is 23.7 Å². The molecule has 0 bridgehead atoms. The number of hydrogen-bond donors (Lipinski definition) is 1. The average Bonchev–Trinajstić information content (AvgIpc) is 3.04. The number of allylic oxidation sites excluding steroid dienone is 1. The monoisotopic (exact) mass is 658 g/mol. The lowest BCUT2D eigenvalue weighted by Crippen LogP contribution is -2.41. The number of halogens is 6. The third-order valence-corrected chi connectivity index (χ3v) is 8.39. The van der Waals surface area contributed by atoms with Crippen LogP contribution in [-0.4, -0.2) is 50.1 Å². The van der Waals surface area contributed by atoms with Crippen LogP contribution in [-0.2, 0) is 56.6 Å². The van der Waals surface area contributed by atoms with E-state index in [0.717, 1.165) is 38.5 Å². The first kappa shape index (κ1) is 36.1. The van der Waals surface area contributed by atoms with Crippen molar-refractivity contribution in [2.45, 2.75) is 68.1 Å². The number of ether oxygens (including phenoxy) is 3. The number of carbonyl (C=O) groups excluding carboxylic acids is 4. The van der Waals surface area contributed by atoms with Gasteiger partial charge in [-0.3, -0.25) is 14.4 Å². The molecule has 1 fully saturated rings. The maximum absolute atomic E-state index is 12.8. The van der Waals surface area contributed by atoms with Gasteiger partial charge in [0.2, 0.25) is 0 Å². The van der Waals surface area contributed by atoms with E-state index < -0.39 is 52.2 Å². The number of alkyl halides is 6. The molecule has 0 saturated heterocycles. The van der Waals surface area contributed by atoms with E-state index in [1.807, 2.05) is 0 Å². The topological polar surface area (TPSA) is 116 Å². The van der Waals surface area contributed by atoms with Crippen LogP contribution in [0, 0.1) is 0 Å². The smallest absolute Gasteiger partial charge is 0.416 e. The van der Waals surface area contributed by atoms with Crippen LogP contribution in [0.5, 0.6) is 0 Å². The van der Waals surface area contributed by atoms with Gasteiger partial charge in [-0.2, -0.15) is 26.3 Å². The summed E-state index contributed by atoms with van der Waals surface area (Å²) in [4.78, 5) is 47.8. The first-order valence-electron chi connectivity index (χ1n) is 14.0. The van der Waals surface area contributed by atoms with Gasteiger partial charge in [-0.05, 0) is 54.7 Å². The molecule has 0 heterocycles. The van der Waals surface area contributed by atoms with Crippen LogP contribution in [0.2, 0.25) is 0 Å². The zero-order valence-corrected chi connectivity index (χ0v) is 25.1. The quantitative estimate of drug-likeness (QED) is 0.219. The van der Waals surface area contributed by atoms with Gasteiger partial charge >= 0.3 is 30.3 Å². The number of ketones is 1. The van der Waals surface area contributed by atoms with Crippen molar-refractivity contribution < 1.29 is 64.8 Å². The maximum atomic E-state index is 12.8. The molecule has 1 unspecified atom stereocenters. The second-order valence-corrected chi connectivity index (χ2v) is 10.9. The van der Waals surface area contributed by atoms with Crippen molar-refractivity contribution in [2.24, 2.45) is 0 Å². The summed E-state index contributed by atoms with van der Waals surface area (Å²) in [5, 5.41) is 9.93. The number of benzene rings is 2. The third-order valence-electron chi connectivity index (χ3n) is 8.39. The Labute approximate surface area is 260 Å². The number of esters is 3. The predicted octanol–water partition coefficient (Wildman–Crippen LogP) is 6.54. The standard InChI is InChI=1S/C17H17F3O5.C15H15F3O3/c1-24-14(22)12-9-16(15(23)25-2,8-7-13(12)21)10-3-5-11(6-4-10)17(18,19)20;1-21-13(20)14(8-6-12(19)7-9-14)10-2-4-11(5-3-10)15(16,17)18/h3-6,21H,7-9H2,1-2H3;2-5H,6-9H2,1H3. The number of hydrogen-bond acceptors (Lipinski definition) is 8. The van der Waals surface area contributed by atoms with E-state index in [4.69, 9.17) is 9.47 Å². The highest BCUT2D eigenvalue weighted by atomic mass is 19.4. The number of methoxy groups -OCH3 is 3. The van der Waals surface area contributed by atoms with Crippen LogP contribution in [0.3, 0.4) is 0 Å². The Morgan fingerprint density at radius 1 is 0.652 bits per heavy atom. The van der Waals surface area contributed by atoms with Gasteiger partial charge in [0.1, 0.15) is 11.5 Å². The third kappa shape index (κ3) is 7.53. The molecule has 0 amide bonds. The van der Waals surface area contributed by atoms with E-state index in [9.17, 15) is 50.6 Å². The number of aliphatic hydroxyl groups is 1. The van der Waals surface area contributed by atoms with Gasteiger partial charge in [0.05, 0.1) is 48.9 Å². The van der Waals surface area contributed by atoms with Gasteiger partial charge < -0.3 is 19.3 Å². The second-order valence-electron chi connectivity index (χ2n) is 10.9. The van der Waals surface area contributed by atoms with E-state index in [0.29, 0.717) is 5.56 Å². The minimum absolute atomic E-state index is 0.000551. The fraction of sp³-hybridized carbons (Fsp3) is 0.438. The highest BCUT2D eigenvalue weighted by Crippen LogP contribution is 2.44. The molecule has 2 aromatic rings. The first-order valence-corrected chi connectivity index (χ1v) is 14.0. The van der Waals surface area contributed by atoms with Gasteiger partial charge in [0.25, 0.3) is 0 Å². The molecule has 0 aromatic heterocycles. The van der Waals surface area contributed by atoms with E-state index in [2.05, 4.69) is 4.74 Å². The van der Waals surface area contributed by atoms with Crippen LogP contribution in [0.4, 0.5) is 26.3 Å². The first-order chi connectivity index (χ1) is 21.4. The highest BCUT2D eigenvalue weighted by Gasteiger charge is 2.47. The molecule has 2 aromatic carbocycles. The fourth-order valence-corrected chi connectivity index (χ4v) is 5.74. The summed E-state index contributed by atoms with van der Waals surface area (Å²) in [5.41, 5.74) is -3.34. The minimum Gasteiger partial charge on any atom is -0.512 e. The molecule has 8 nitrogen and oxygen atoms in total. The van der Waals surface area contributed by atoms with Crippen LogP contribution in [0.25, 0.3) is 0 Å². The molecule has 2 aliphatic rings. The Morgan fingerprint density at radius 3 is 1.43 bits per heavy atom. The van der Waals surface area contributed by atoms with Crippen LogP contribution >= 0.6 is 0 Å². The molecule has 2 aliphatic carbocycles. The van der Waals surface area contributed by atoms with E-state index in [1.54, 1.807) is 0 Å².